The van der Waals surface area contributed by atoms with Gasteiger partial charge in [0.15, 0.2) is 0 Å². The van der Waals surface area contributed by atoms with Gasteiger partial charge in [0.2, 0.25) is 16.0 Å². The molecule has 0 fully saturated rings. The Balaban J connectivity index is 1.37. The van der Waals surface area contributed by atoms with Crippen molar-refractivity contribution in [2.24, 2.45) is 0 Å². The summed E-state index contributed by atoms with van der Waals surface area (Å²) in [6, 6.07) is 12.3. The minimum atomic E-state index is -4.41. The second-order valence-electron chi connectivity index (χ2n) is 7.54. The van der Waals surface area contributed by atoms with E-state index in [0.29, 0.717) is 29.9 Å². The molecule has 0 spiro atoms. The molecule has 182 valence electrons. The topological polar surface area (TPSA) is 102 Å². The lowest BCUT2D eigenvalue weighted by molar-refractivity contribution is -0.137. The van der Waals surface area contributed by atoms with Crippen LogP contribution in [0.15, 0.2) is 84.4 Å². The molecule has 0 atom stereocenters. The zero-order valence-corrected chi connectivity index (χ0v) is 19.1. The van der Waals surface area contributed by atoms with Crippen LogP contribution in [0.3, 0.4) is 0 Å². The molecule has 2 aromatic carbocycles. The second kappa shape index (κ2) is 10.2. The summed E-state index contributed by atoms with van der Waals surface area (Å²) in [6.07, 6.45) is 2.82. The number of sulfonamides is 1. The molecule has 4 rings (SSSR count). The van der Waals surface area contributed by atoms with Crippen molar-refractivity contribution >= 4 is 21.7 Å². The number of hydrogen-bond acceptors (Lipinski definition) is 6. The van der Waals surface area contributed by atoms with Gasteiger partial charge in [0.25, 0.3) is 0 Å². The summed E-state index contributed by atoms with van der Waals surface area (Å²) in [5, 5.41) is 2.97. The molecule has 0 radical (unpaired) electrons. The average Bonchev–Trinajstić information content (AvgIpc) is 3.36. The number of aryl methyl sites for hydroxylation is 1. The van der Waals surface area contributed by atoms with Crippen LogP contribution in [0.25, 0.3) is 11.3 Å². The number of halogens is 3. The molecule has 0 bridgehead atoms. The van der Waals surface area contributed by atoms with Crippen molar-refractivity contribution in [1.82, 2.24) is 24.2 Å². The molecule has 0 saturated carbocycles. The van der Waals surface area contributed by atoms with Crippen molar-refractivity contribution < 1.29 is 21.6 Å². The molecule has 0 aliphatic heterocycles. The smallest absolute Gasteiger partial charge is 0.337 e. The van der Waals surface area contributed by atoms with Crippen LogP contribution in [-0.4, -0.2) is 34.5 Å². The van der Waals surface area contributed by atoms with Crippen LogP contribution in [0.2, 0.25) is 0 Å². The molecule has 35 heavy (non-hydrogen) atoms. The molecule has 2 heterocycles. The van der Waals surface area contributed by atoms with E-state index in [1.54, 1.807) is 30.7 Å². The van der Waals surface area contributed by atoms with E-state index < -0.39 is 21.8 Å². The molecule has 4 aromatic rings. The highest BCUT2D eigenvalue weighted by Crippen LogP contribution is 2.30. The summed E-state index contributed by atoms with van der Waals surface area (Å²) < 4.78 is 67.8. The van der Waals surface area contributed by atoms with Gasteiger partial charge in [-0.15, -0.1) is 0 Å². The van der Waals surface area contributed by atoms with Crippen molar-refractivity contribution in [3.63, 3.8) is 0 Å². The minimum Gasteiger partial charge on any atom is -0.337 e. The molecule has 12 heteroatoms. The van der Waals surface area contributed by atoms with Gasteiger partial charge < -0.3 is 9.88 Å². The van der Waals surface area contributed by atoms with Crippen LogP contribution >= 0.6 is 0 Å². The predicted molar refractivity (Wildman–Crippen MR) is 124 cm³/mol. The maximum Gasteiger partial charge on any atom is 0.416 e. The fraction of sp³-hybridized carbons (Fsp3) is 0.174. The third-order valence-electron chi connectivity index (χ3n) is 5.03. The van der Waals surface area contributed by atoms with Crippen LogP contribution < -0.4 is 10.0 Å². The number of anilines is 2. The first-order valence-electron chi connectivity index (χ1n) is 10.5. The van der Waals surface area contributed by atoms with E-state index in [1.165, 1.54) is 30.5 Å². The van der Waals surface area contributed by atoms with Crippen molar-refractivity contribution in [3.05, 3.63) is 85.1 Å². The highest BCUT2D eigenvalue weighted by atomic mass is 32.2. The molecule has 0 amide bonds. The lowest BCUT2D eigenvalue weighted by atomic mass is 10.1. The van der Waals surface area contributed by atoms with Crippen molar-refractivity contribution in [1.29, 1.82) is 0 Å². The number of benzene rings is 2. The maximum absolute atomic E-state index is 12.8. The first-order valence-corrected chi connectivity index (χ1v) is 12.0. The van der Waals surface area contributed by atoms with E-state index in [2.05, 4.69) is 25.0 Å². The van der Waals surface area contributed by atoms with Gasteiger partial charge in [-0.25, -0.2) is 28.1 Å². The molecule has 2 aromatic heterocycles. The van der Waals surface area contributed by atoms with Gasteiger partial charge in [-0.2, -0.15) is 13.2 Å². The minimum absolute atomic E-state index is 0.116. The largest absolute Gasteiger partial charge is 0.416 e. The highest BCUT2D eigenvalue weighted by Gasteiger charge is 2.30. The number of alkyl halides is 3. The van der Waals surface area contributed by atoms with E-state index in [4.69, 9.17) is 0 Å². The third kappa shape index (κ3) is 6.43. The number of nitrogens with one attached hydrogen (secondary N) is 2. The Morgan fingerprint density at radius 1 is 0.943 bits per heavy atom. The lowest BCUT2D eigenvalue weighted by Crippen LogP contribution is -2.25. The quantitative estimate of drug-likeness (QED) is 0.328. The Morgan fingerprint density at radius 2 is 1.69 bits per heavy atom. The molecular formula is C23H21F3N6O2S. The van der Waals surface area contributed by atoms with Crippen molar-refractivity contribution in [2.75, 3.05) is 11.9 Å². The van der Waals surface area contributed by atoms with E-state index in [9.17, 15) is 21.6 Å². The van der Waals surface area contributed by atoms with Crippen LogP contribution in [0.1, 0.15) is 12.0 Å². The summed E-state index contributed by atoms with van der Waals surface area (Å²) in [5.41, 5.74) is 0.754. The van der Waals surface area contributed by atoms with Crippen molar-refractivity contribution in [3.8, 4) is 11.3 Å². The third-order valence-corrected chi connectivity index (χ3v) is 6.51. The van der Waals surface area contributed by atoms with E-state index in [0.717, 1.165) is 12.1 Å². The number of aromatic nitrogens is 4. The van der Waals surface area contributed by atoms with E-state index in [-0.39, 0.29) is 17.4 Å². The first kappa shape index (κ1) is 24.4. The lowest BCUT2D eigenvalue weighted by Gasteiger charge is -2.10. The molecular weight excluding hydrogens is 481 g/mol. The number of rotatable bonds is 9. The molecule has 0 aliphatic carbocycles. The maximum atomic E-state index is 12.8. The second-order valence-corrected chi connectivity index (χ2v) is 9.31. The van der Waals surface area contributed by atoms with Gasteiger partial charge in [-0.05, 0) is 48.9 Å². The Kier molecular flexibility index (Phi) is 7.12. The van der Waals surface area contributed by atoms with E-state index >= 15 is 0 Å². The van der Waals surface area contributed by atoms with Gasteiger partial charge in [-0.3, -0.25) is 0 Å². The van der Waals surface area contributed by atoms with Crippen LogP contribution in [0, 0.1) is 0 Å². The highest BCUT2D eigenvalue weighted by molar-refractivity contribution is 7.89. The predicted octanol–water partition coefficient (Wildman–Crippen LogP) is 4.47. The van der Waals surface area contributed by atoms with Gasteiger partial charge in [0, 0.05) is 42.9 Å². The molecule has 8 nitrogen and oxygen atoms in total. The van der Waals surface area contributed by atoms with Crippen LogP contribution in [-0.2, 0) is 22.7 Å². The first-order chi connectivity index (χ1) is 16.7. The fourth-order valence-corrected chi connectivity index (χ4v) is 4.30. The normalized spacial score (nSPS) is 12.0. The summed E-state index contributed by atoms with van der Waals surface area (Å²) in [6.45, 7) is 0.933. The van der Waals surface area contributed by atoms with Crippen LogP contribution in [0.5, 0.6) is 0 Å². The zero-order chi connectivity index (χ0) is 24.9. The van der Waals surface area contributed by atoms with Gasteiger partial charge in [0.1, 0.15) is 0 Å². The average molecular weight is 503 g/mol. The summed E-state index contributed by atoms with van der Waals surface area (Å²) in [7, 11) is -3.66. The molecule has 0 aliphatic rings. The Bertz CT molecular complexity index is 1360. The Morgan fingerprint density at radius 3 is 2.34 bits per heavy atom. The molecule has 0 unspecified atom stereocenters. The Hall–Kier alpha value is -3.77. The monoisotopic (exact) mass is 502 g/mol. The summed E-state index contributed by atoms with van der Waals surface area (Å²) in [4.78, 5) is 12.5. The van der Waals surface area contributed by atoms with Gasteiger partial charge in [0.05, 0.1) is 22.5 Å². The number of nitrogens with zero attached hydrogens (tertiary/aromatic N) is 4. The number of hydrogen-bond donors (Lipinski definition) is 2. The Labute approximate surface area is 199 Å². The zero-order valence-electron chi connectivity index (χ0n) is 18.3. The number of imidazole rings is 1. The molecule has 2 N–H and O–H groups in total. The van der Waals surface area contributed by atoms with Gasteiger partial charge in [-0.1, -0.05) is 12.1 Å². The van der Waals surface area contributed by atoms with E-state index in [1.807, 2.05) is 10.8 Å². The molecule has 0 saturated heterocycles. The van der Waals surface area contributed by atoms with Crippen LogP contribution in [0.4, 0.5) is 24.8 Å². The SMILES string of the molecule is O=S(=O)(NCCCn1ccnc1)c1ccc(Nc2nccc(-c3ccc(C(F)(F)F)cc3)n2)cc1. The van der Waals surface area contributed by atoms with Crippen molar-refractivity contribution in [2.45, 2.75) is 24.0 Å². The van der Waals surface area contributed by atoms with Gasteiger partial charge >= 0.3 is 6.18 Å². The summed E-state index contributed by atoms with van der Waals surface area (Å²) in [5.74, 6) is 0.218. The standard InChI is InChI=1S/C23H21F3N6O2S/c24-23(25,26)18-4-2-17(3-5-18)21-10-12-28-22(31-21)30-19-6-8-20(9-7-19)35(33,34)29-11-1-14-32-15-13-27-16-32/h2-10,12-13,15-16,29H,1,11,14H2,(H,28,30,31). The fourth-order valence-electron chi connectivity index (χ4n) is 3.23. The summed E-state index contributed by atoms with van der Waals surface area (Å²) >= 11 is 0.